The predicted molar refractivity (Wildman–Crippen MR) is 148 cm³/mol. The van der Waals surface area contributed by atoms with E-state index >= 15 is 0 Å². The van der Waals surface area contributed by atoms with E-state index in [1.165, 1.54) is 51.4 Å². The van der Waals surface area contributed by atoms with E-state index in [-0.39, 0.29) is 24.7 Å². The van der Waals surface area contributed by atoms with Gasteiger partial charge < -0.3 is 20.1 Å². The number of rotatable bonds is 19. The first-order valence-corrected chi connectivity index (χ1v) is 13.7. The fourth-order valence-electron chi connectivity index (χ4n) is 3.79. The van der Waals surface area contributed by atoms with Crippen molar-refractivity contribution in [3.8, 4) is 11.5 Å². The van der Waals surface area contributed by atoms with Gasteiger partial charge in [-0.3, -0.25) is 9.59 Å². The molecule has 0 aliphatic heterocycles. The minimum Gasteiger partial charge on any atom is -0.494 e. The summed E-state index contributed by atoms with van der Waals surface area (Å²) in [5.74, 6) is 1.07. The summed E-state index contributed by atoms with van der Waals surface area (Å²) in [7, 11) is 0. The maximum atomic E-state index is 12.4. The van der Waals surface area contributed by atoms with Crippen LogP contribution in [0.3, 0.4) is 0 Å². The van der Waals surface area contributed by atoms with Crippen molar-refractivity contribution >= 4 is 23.2 Å². The van der Waals surface area contributed by atoms with Crippen LogP contribution in [0, 0.1) is 0 Å². The Morgan fingerprint density at radius 2 is 1.03 bits per heavy atom. The Morgan fingerprint density at radius 3 is 1.44 bits per heavy atom. The highest BCUT2D eigenvalue weighted by Gasteiger charge is 2.09. The van der Waals surface area contributed by atoms with Crippen molar-refractivity contribution in [2.24, 2.45) is 0 Å². The van der Waals surface area contributed by atoms with E-state index in [4.69, 9.17) is 9.47 Å². The number of benzene rings is 2. The molecule has 0 saturated carbocycles. The number of unbranched alkanes of at least 4 members (excludes halogenated alkanes) is 8. The summed E-state index contributed by atoms with van der Waals surface area (Å²) in [5.41, 5.74) is 1.34. The van der Waals surface area contributed by atoms with Gasteiger partial charge in [0.25, 0.3) is 0 Å². The van der Waals surface area contributed by atoms with Gasteiger partial charge >= 0.3 is 0 Å². The lowest BCUT2D eigenvalue weighted by Gasteiger charge is -2.10. The molecule has 6 heteroatoms. The molecule has 36 heavy (non-hydrogen) atoms. The molecule has 2 aromatic rings. The Kier molecular flexibility index (Phi) is 14.8. The van der Waals surface area contributed by atoms with Crippen LogP contribution in [0.5, 0.6) is 11.5 Å². The Hall–Kier alpha value is -3.02. The fraction of sp³-hybridized carbons (Fsp3) is 0.533. The lowest BCUT2D eigenvalue weighted by Crippen LogP contribution is -2.17. The van der Waals surface area contributed by atoms with Crippen LogP contribution in [0.4, 0.5) is 11.4 Å². The van der Waals surface area contributed by atoms with Crippen LogP contribution < -0.4 is 20.1 Å². The van der Waals surface area contributed by atoms with E-state index < -0.39 is 0 Å². The van der Waals surface area contributed by atoms with E-state index in [2.05, 4.69) is 24.5 Å². The Labute approximate surface area is 217 Å². The average molecular weight is 497 g/mol. The number of hydrogen-bond donors (Lipinski definition) is 2. The van der Waals surface area contributed by atoms with Crippen LogP contribution in [0.15, 0.2) is 48.5 Å². The number of carbonyl (C=O) groups is 2. The highest BCUT2D eigenvalue weighted by atomic mass is 16.5. The molecule has 2 N–H and O–H groups in total. The molecule has 0 radical (unpaired) electrons. The van der Waals surface area contributed by atoms with E-state index in [9.17, 15) is 9.59 Å². The number of ether oxygens (including phenoxy) is 2. The zero-order chi connectivity index (χ0) is 25.8. The zero-order valence-corrected chi connectivity index (χ0v) is 22.2. The molecule has 2 amide bonds. The second-order valence-corrected chi connectivity index (χ2v) is 9.18. The number of anilines is 2. The van der Waals surface area contributed by atoms with Crippen LogP contribution in [0.1, 0.15) is 90.9 Å². The molecule has 198 valence electrons. The zero-order valence-electron chi connectivity index (χ0n) is 22.2. The predicted octanol–water partition coefficient (Wildman–Crippen LogP) is 7.74. The van der Waals surface area contributed by atoms with Gasteiger partial charge in [-0.2, -0.15) is 0 Å². The molecule has 2 aromatic carbocycles. The molecule has 0 unspecified atom stereocenters. The Balaban J connectivity index is 1.67. The minimum absolute atomic E-state index is 0.0995. The first-order chi connectivity index (χ1) is 17.6. The molecule has 0 saturated heterocycles. The molecule has 0 heterocycles. The van der Waals surface area contributed by atoms with Gasteiger partial charge in [0.15, 0.2) is 0 Å². The van der Waals surface area contributed by atoms with Crippen molar-refractivity contribution in [3.63, 3.8) is 0 Å². The Bertz CT molecular complexity index is 827. The van der Waals surface area contributed by atoms with Gasteiger partial charge in [-0.15, -0.1) is 0 Å². The molecule has 0 spiro atoms. The number of amides is 2. The summed E-state index contributed by atoms with van der Waals surface area (Å²) < 4.78 is 11.6. The van der Waals surface area contributed by atoms with Gasteiger partial charge in [0.1, 0.15) is 11.5 Å². The summed E-state index contributed by atoms with van der Waals surface area (Å²) >= 11 is 0. The smallest absolute Gasteiger partial charge is 0.224 e. The second-order valence-electron chi connectivity index (χ2n) is 9.18. The van der Waals surface area contributed by atoms with Gasteiger partial charge in [-0.1, -0.05) is 77.3 Å². The van der Waals surface area contributed by atoms with Crippen molar-refractivity contribution in [2.75, 3.05) is 23.8 Å². The fourth-order valence-corrected chi connectivity index (χ4v) is 3.79. The van der Waals surface area contributed by atoms with Gasteiger partial charge in [-0.25, -0.2) is 0 Å². The van der Waals surface area contributed by atoms with Crippen LogP contribution in [0.2, 0.25) is 0 Å². The maximum absolute atomic E-state index is 12.4. The van der Waals surface area contributed by atoms with Gasteiger partial charge in [0.2, 0.25) is 11.8 Å². The average Bonchev–Trinajstić information content (AvgIpc) is 2.87. The first kappa shape index (κ1) is 29.2. The molecule has 0 aliphatic rings. The standard InChI is InChI=1S/C30H44N2O4/c1-3-5-7-9-11-21-35-27-17-13-15-25(23-27)31-29(33)19-20-30(34)32-26-16-14-18-28(24-26)36-22-12-10-8-6-4-2/h13-18,23-24H,3-12,19-22H2,1-2H3,(H,31,33)(H,32,34). The quantitative estimate of drug-likeness (QED) is 0.195. The van der Waals surface area contributed by atoms with E-state index in [1.54, 1.807) is 0 Å². The van der Waals surface area contributed by atoms with Crippen molar-refractivity contribution < 1.29 is 19.1 Å². The van der Waals surface area contributed by atoms with Crippen molar-refractivity contribution in [1.82, 2.24) is 0 Å². The number of nitrogens with one attached hydrogen (secondary N) is 2. The monoisotopic (exact) mass is 496 g/mol. The number of hydrogen-bond acceptors (Lipinski definition) is 4. The van der Waals surface area contributed by atoms with E-state index in [1.807, 2.05) is 48.5 Å². The minimum atomic E-state index is -0.206. The SMILES string of the molecule is CCCCCCCOc1cccc(NC(=O)CCC(=O)Nc2cccc(OCCCCCCC)c2)c1. The summed E-state index contributed by atoms with van der Waals surface area (Å²) in [6.45, 7) is 5.75. The second kappa shape index (κ2) is 18.3. The Morgan fingerprint density at radius 1 is 0.611 bits per heavy atom. The molecule has 0 fully saturated rings. The van der Waals surface area contributed by atoms with Crippen molar-refractivity contribution in [3.05, 3.63) is 48.5 Å². The molecule has 2 rings (SSSR count). The highest BCUT2D eigenvalue weighted by molar-refractivity contribution is 5.96. The molecule has 0 bridgehead atoms. The molecule has 6 nitrogen and oxygen atoms in total. The third-order valence-electron chi connectivity index (χ3n) is 5.85. The summed E-state index contributed by atoms with van der Waals surface area (Å²) in [4.78, 5) is 24.7. The topological polar surface area (TPSA) is 76.7 Å². The largest absolute Gasteiger partial charge is 0.494 e. The van der Waals surface area contributed by atoms with Crippen LogP contribution >= 0.6 is 0 Å². The maximum Gasteiger partial charge on any atom is 0.224 e. The van der Waals surface area contributed by atoms with Crippen LogP contribution in [-0.2, 0) is 9.59 Å². The van der Waals surface area contributed by atoms with Gasteiger partial charge in [0, 0.05) is 36.3 Å². The number of carbonyl (C=O) groups excluding carboxylic acids is 2. The molecule has 0 aromatic heterocycles. The van der Waals surface area contributed by atoms with E-state index in [0.29, 0.717) is 24.6 Å². The first-order valence-electron chi connectivity index (χ1n) is 13.7. The van der Waals surface area contributed by atoms with Crippen LogP contribution in [0.25, 0.3) is 0 Å². The lowest BCUT2D eigenvalue weighted by atomic mass is 10.2. The third kappa shape index (κ3) is 13.2. The van der Waals surface area contributed by atoms with Crippen molar-refractivity contribution in [2.45, 2.75) is 90.9 Å². The third-order valence-corrected chi connectivity index (χ3v) is 5.85. The lowest BCUT2D eigenvalue weighted by molar-refractivity contribution is -0.121. The van der Waals surface area contributed by atoms with Gasteiger partial charge in [-0.05, 0) is 37.1 Å². The normalized spacial score (nSPS) is 10.6. The highest BCUT2D eigenvalue weighted by Crippen LogP contribution is 2.20. The summed E-state index contributed by atoms with van der Waals surface area (Å²) in [5, 5.41) is 5.70. The molecule has 0 aliphatic carbocycles. The summed E-state index contributed by atoms with van der Waals surface area (Å²) in [6, 6.07) is 14.8. The van der Waals surface area contributed by atoms with E-state index in [0.717, 1.165) is 24.3 Å². The molecular weight excluding hydrogens is 452 g/mol. The van der Waals surface area contributed by atoms with Crippen LogP contribution in [-0.4, -0.2) is 25.0 Å². The summed E-state index contributed by atoms with van der Waals surface area (Å²) in [6.07, 6.45) is 12.1. The van der Waals surface area contributed by atoms with Gasteiger partial charge in [0.05, 0.1) is 13.2 Å². The van der Waals surface area contributed by atoms with Crippen molar-refractivity contribution in [1.29, 1.82) is 0 Å². The molecule has 0 atom stereocenters. The molecular formula is C30H44N2O4.